The molecule has 0 bridgehead atoms. The van der Waals surface area contributed by atoms with Crippen LogP contribution in [0.2, 0.25) is 0 Å². The summed E-state index contributed by atoms with van der Waals surface area (Å²) in [5, 5.41) is 10.3. The van der Waals surface area contributed by atoms with Gasteiger partial charge in [0.25, 0.3) is 5.69 Å². The summed E-state index contributed by atoms with van der Waals surface area (Å²) in [6.45, 7) is 0. The molecule has 1 aliphatic carbocycles. The molecule has 0 N–H and O–H groups in total. The summed E-state index contributed by atoms with van der Waals surface area (Å²) in [7, 11) is 0. The molecule has 0 radical (unpaired) electrons. The Kier molecular flexibility index (Phi) is 2.38. The molecule has 1 fully saturated rings. The van der Waals surface area contributed by atoms with Crippen molar-refractivity contribution in [1.82, 2.24) is 0 Å². The SMILES string of the molecule is O=[N+]([O-])c1ccc(C#CC2CC2)c(F)c1. The number of nitro benzene ring substituents is 1. The minimum Gasteiger partial charge on any atom is -0.258 e. The van der Waals surface area contributed by atoms with Crippen LogP contribution in [0, 0.1) is 33.7 Å². The zero-order valence-corrected chi connectivity index (χ0v) is 7.87. The Labute approximate surface area is 86.1 Å². The fourth-order valence-electron chi connectivity index (χ4n) is 1.13. The van der Waals surface area contributed by atoms with Gasteiger partial charge in [0, 0.05) is 12.0 Å². The van der Waals surface area contributed by atoms with Gasteiger partial charge in [0.2, 0.25) is 0 Å². The highest BCUT2D eigenvalue weighted by molar-refractivity contribution is 5.42. The number of non-ortho nitro benzene ring substituents is 1. The van der Waals surface area contributed by atoms with Crippen molar-refractivity contribution in [3.05, 3.63) is 39.7 Å². The van der Waals surface area contributed by atoms with Crippen LogP contribution in [0.15, 0.2) is 18.2 Å². The molecule has 1 saturated carbocycles. The van der Waals surface area contributed by atoms with E-state index in [1.54, 1.807) is 0 Å². The summed E-state index contributed by atoms with van der Waals surface area (Å²) in [6, 6.07) is 3.51. The zero-order valence-electron chi connectivity index (χ0n) is 7.87. The summed E-state index contributed by atoms with van der Waals surface area (Å²) in [4.78, 5) is 9.72. The van der Waals surface area contributed by atoms with Crippen molar-refractivity contribution >= 4 is 5.69 Å². The first kappa shape index (κ1) is 9.66. The molecule has 0 atom stereocenters. The Bertz CT molecular complexity index is 469. The van der Waals surface area contributed by atoms with Crippen molar-refractivity contribution < 1.29 is 9.31 Å². The lowest BCUT2D eigenvalue weighted by Crippen LogP contribution is -1.91. The molecule has 1 aromatic carbocycles. The number of benzene rings is 1. The topological polar surface area (TPSA) is 43.1 Å². The van der Waals surface area contributed by atoms with Crippen molar-refractivity contribution in [3.63, 3.8) is 0 Å². The molecule has 1 aliphatic rings. The van der Waals surface area contributed by atoms with Gasteiger partial charge in [-0.2, -0.15) is 0 Å². The van der Waals surface area contributed by atoms with Crippen molar-refractivity contribution in [2.45, 2.75) is 12.8 Å². The highest BCUT2D eigenvalue weighted by atomic mass is 19.1. The van der Waals surface area contributed by atoms with E-state index in [4.69, 9.17) is 0 Å². The first-order chi connectivity index (χ1) is 7.16. The predicted molar refractivity (Wildman–Crippen MR) is 52.7 cm³/mol. The summed E-state index contributed by atoms with van der Waals surface area (Å²) in [5.74, 6) is 5.36. The fraction of sp³-hybridized carbons (Fsp3) is 0.273. The maximum Gasteiger partial charge on any atom is 0.272 e. The molecule has 0 saturated heterocycles. The van der Waals surface area contributed by atoms with Crippen LogP contribution in [-0.4, -0.2) is 4.92 Å². The third-order valence-corrected chi connectivity index (χ3v) is 2.15. The Morgan fingerprint density at radius 2 is 2.20 bits per heavy atom. The smallest absolute Gasteiger partial charge is 0.258 e. The van der Waals surface area contributed by atoms with Crippen LogP contribution in [0.5, 0.6) is 0 Å². The predicted octanol–water partition coefficient (Wildman–Crippen LogP) is 2.50. The highest BCUT2D eigenvalue weighted by Gasteiger charge is 2.18. The van der Waals surface area contributed by atoms with E-state index in [-0.39, 0.29) is 11.3 Å². The molecule has 2 rings (SSSR count). The zero-order chi connectivity index (χ0) is 10.8. The van der Waals surface area contributed by atoms with Gasteiger partial charge in [-0.05, 0) is 18.9 Å². The van der Waals surface area contributed by atoms with E-state index in [0.29, 0.717) is 5.92 Å². The van der Waals surface area contributed by atoms with Crippen LogP contribution in [-0.2, 0) is 0 Å². The van der Waals surface area contributed by atoms with Gasteiger partial charge in [-0.15, -0.1) is 0 Å². The first-order valence-corrected chi connectivity index (χ1v) is 4.62. The van der Waals surface area contributed by atoms with Gasteiger partial charge in [0.15, 0.2) is 0 Å². The molecule has 0 aromatic heterocycles. The van der Waals surface area contributed by atoms with Crippen molar-refractivity contribution in [3.8, 4) is 11.8 Å². The Balaban J connectivity index is 2.26. The van der Waals surface area contributed by atoms with Crippen molar-refractivity contribution in [1.29, 1.82) is 0 Å². The number of nitrogens with zero attached hydrogens (tertiary/aromatic N) is 1. The average Bonchev–Trinajstić information content (AvgIpc) is 2.99. The molecule has 76 valence electrons. The number of hydrogen-bond donors (Lipinski definition) is 0. The monoisotopic (exact) mass is 205 g/mol. The van der Waals surface area contributed by atoms with E-state index in [2.05, 4.69) is 11.8 Å². The van der Waals surface area contributed by atoms with Gasteiger partial charge in [-0.3, -0.25) is 10.1 Å². The van der Waals surface area contributed by atoms with E-state index in [9.17, 15) is 14.5 Å². The van der Waals surface area contributed by atoms with E-state index < -0.39 is 10.7 Å². The molecule has 0 amide bonds. The second-order valence-corrected chi connectivity index (χ2v) is 3.46. The number of hydrogen-bond acceptors (Lipinski definition) is 2. The van der Waals surface area contributed by atoms with Crippen molar-refractivity contribution in [2.75, 3.05) is 0 Å². The van der Waals surface area contributed by atoms with Gasteiger partial charge < -0.3 is 0 Å². The molecule has 4 heteroatoms. The molecule has 0 aliphatic heterocycles. The van der Waals surface area contributed by atoms with Crippen molar-refractivity contribution in [2.24, 2.45) is 5.92 Å². The second kappa shape index (κ2) is 3.70. The second-order valence-electron chi connectivity index (χ2n) is 3.46. The van der Waals surface area contributed by atoms with Gasteiger partial charge >= 0.3 is 0 Å². The van der Waals surface area contributed by atoms with Crippen LogP contribution in [0.4, 0.5) is 10.1 Å². The summed E-state index contributed by atoms with van der Waals surface area (Å²) >= 11 is 0. The summed E-state index contributed by atoms with van der Waals surface area (Å²) in [5.41, 5.74) is -0.0167. The van der Waals surface area contributed by atoms with Gasteiger partial charge in [0.1, 0.15) is 5.82 Å². The van der Waals surface area contributed by atoms with E-state index in [1.165, 1.54) is 12.1 Å². The standard InChI is InChI=1S/C11H8FNO2/c12-11-7-10(13(14)15)6-5-9(11)4-3-8-1-2-8/h5-8H,1-2H2. The minimum atomic E-state index is -0.627. The molecular formula is C11H8FNO2. The quantitative estimate of drug-likeness (QED) is 0.401. The van der Waals surface area contributed by atoms with Crippen LogP contribution in [0.25, 0.3) is 0 Å². The van der Waals surface area contributed by atoms with Gasteiger partial charge in [0.05, 0.1) is 16.6 Å². The number of nitro groups is 1. The average molecular weight is 205 g/mol. The number of halogens is 1. The van der Waals surface area contributed by atoms with E-state index in [0.717, 1.165) is 18.9 Å². The van der Waals surface area contributed by atoms with Crippen LogP contribution >= 0.6 is 0 Å². The largest absolute Gasteiger partial charge is 0.272 e. The molecule has 0 spiro atoms. The summed E-state index contributed by atoms with van der Waals surface area (Å²) in [6.07, 6.45) is 2.14. The van der Waals surface area contributed by atoms with Gasteiger partial charge in [-0.25, -0.2) is 4.39 Å². The van der Waals surface area contributed by atoms with E-state index in [1.807, 2.05) is 0 Å². The Morgan fingerprint density at radius 1 is 1.47 bits per heavy atom. The number of rotatable bonds is 1. The molecule has 15 heavy (non-hydrogen) atoms. The van der Waals surface area contributed by atoms with Gasteiger partial charge in [-0.1, -0.05) is 11.8 Å². The molecule has 0 unspecified atom stereocenters. The Morgan fingerprint density at radius 3 is 2.73 bits per heavy atom. The molecular weight excluding hydrogens is 197 g/mol. The highest BCUT2D eigenvalue weighted by Crippen LogP contribution is 2.27. The lowest BCUT2D eigenvalue weighted by Gasteiger charge is -1.94. The summed E-state index contributed by atoms with van der Waals surface area (Å²) < 4.78 is 13.3. The molecule has 1 aromatic rings. The third kappa shape index (κ3) is 2.32. The molecule has 3 nitrogen and oxygen atoms in total. The lowest BCUT2D eigenvalue weighted by molar-refractivity contribution is -0.385. The van der Waals surface area contributed by atoms with Crippen LogP contribution in [0.1, 0.15) is 18.4 Å². The third-order valence-electron chi connectivity index (χ3n) is 2.15. The maximum absolute atomic E-state index is 13.3. The maximum atomic E-state index is 13.3. The van der Waals surface area contributed by atoms with E-state index >= 15 is 0 Å². The lowest BCUT2D eigenvalue weighted by atomic mass is 10.2. The minimum absolute atomic E-state index is 0.229. The normalized spacial score (nSPS) is 14.2. The fourth-order valence-corrected chi connectivity index (χ4v) is 1.13. The molecule has 0 heterocycles. The first-order valence-electron chi connectivity index (χ1n) is 4.62. The van der Waals surface area contributed by atoms with Crippen LogP contribution in [0.3, 0.4) is 0 Å². The van der Waals surface area contributed by atoms with Crippen LogP contribution < -0.4 is 0 Å². The Hall–Kier alpha value is -1.89.